The highest BCUT2D eigenvalue weighted by atomic mass is 14.9. The van der Waals surface area contributed by atoms with Crippen molar-refractivity contribution in [3.05, 3.63) is 97.1 Å². The smallest absolute Gasteiger partial charge is 0.176 e. The minimum atomic E-state index is 0.897. The number of aromatic nitrogens is 2. The summed E-state index contributed by atoms with van der Waals surface area (Å²) in [5, 5.41) is 2.54. The second kappa shape index (κ2) is 6.86. The summed E-state index contributed by atoms with van der Waals surface area (Å²) in [6.45, 7) is 4.05. The molecule has 0 saturated heterocycles. The van der Waals surface area contributed by atoms with Crippen LogP contribution in [-0.2, 0) is 13.1 Å². The van der Waals surface area contributed by atoms with Crippen molar-refractivity contribution in [2.24, 2.45) is 0 Å². The number of pyridine rings is 2. The maximum Gasteiger partial charge on any atom is 0.176 e. The highest BCUT2D eigenvalue weighted by Crippen LogP contribution is 2.23. The summed E-state index contributed by atoms with van der Waals surface area (Å²) in [7, 11) is 0. The van der Waals surface area contributed by atoms with Gasteiger partial charge in [-0.3, -0.25) is 0 Å². The largest absolute Gasteiger partial charge is 0.205 e. The fourth-order valence-electron chi connectivity index (χ4n) is 3.17. The zero-order valence-electron chi connectivity index (χ0n) is 14.5. The van der Waals surface area contributed by atoms with Crippen LogP contribution < -0.4 is 9.13 Å². The maximum atomic E-state index is 2.27. The van der Waals surface area contributed by atoms with Crippen LogP contribution in [0.4, 0.5) is 0 Å². The highest BCUT2D eigenvalue weighted by Gasteiger charge is 2.07. The van der Waals surface area contributed by atoms with Crippen LogP contribution >= 0.6 is 0 Å². The lowest BCUT2D eigenvalue weighted by atomic mass is 10.0. The standard InChI is InChI=1S/C23H22N2/c1-2-24-13-10-20(11-14-24)21-8-9-23-18-25(15-12-22(23)16-21)17-19-6-4-3-5-7-19/h3-16,18H,2,17H2,1H3/q+2. The van der Waals surface area contributed by atoms with Gasteiger partial charge in [0.05, 0.1) is 0 Å². The van der Waals surface area contributed by atoms with E-state index in [0.717, 1.165) is 13.1 Å². The molecule has 0 bridgehead atoms. The Labute approximate surface area is 148 Å². The van der Waals surface area contributed by atoms with Crippen LogP contribution in [0.1, 0.15) is 12.5 Å². The van der Waals surface area contributed by atoms with Gasteiger partial charge in [0.2, 0.25) is 0 Å². The lowest BCUT2D eigenvalue weighted by Gasteiger charge is -2.04. The Bertz CT molecular complexity index is 989. The number of nitrogens with zero attached hydrogens (tertiary/aromatic N) is 2. The molecule has 0 aliphatic carbocycles. The Hall–Kier alpha value is -3.00. The first-order valence-electron chi connectivity index (χ1n) is 8.78. The third-order valence-corrected chi connectivity index (χ3v) is 4.63. The average molecular weight is 326 g/mol. The van der Waals surface area contributed by atoms with Gasteiger partial charge >= 0.3 is 0 Å². The van der Waals surface area contributed by atoms with Gasteiger partial charge in [-0.1, -0.05) is 36.4 Å². The summed E-state index contributed by atoms with van der Waals surface area (Å²) in [4.78, 5) is 0. The van der Waals surface area contributed by atoms with Crippen molar-refractivity contribution in [1.82, 2.24) is 0 Å². The first-order valence-corrected chi connectivity index (χ1v) is 8.78. The fraction of sp³-hybridized carbons (Fsp3) is 0.130. The van der Waals surface area contributed by atoms with Gasteiger partial charge in [0.15, 0.2) is 31.3 Å². The quantitative estimate of drug-likeness (QED) is 0.498. The summed E-state index contributed by atoms with van der Waals surface area (Å²) in [5.74, 6) is 0. The molecule has 25 heavy (non-hydrogen) atoms. The van der Waals surface area contributed by atoms with Crippen molar-refractivity contribution in [1.29, 1.82) is 0 Å². The number of aryl methyl sites for hydroxylation is 1. The van der Waals surface area contributed by atoms with E-state index in [1.165, 1.54) is 27.5 Å². The Morgan fingerprint density at radius 1 is 0.680 bits per heavy atom. The highest BCUT2D eigenvalue weighted by molar-refractivity contribution is 5.85. The number of benzene rings is 2. The number of hydrogen-bond donors (Lipinski definition) is 0. The van der Waals surface area contributed by atoms with Crippen LogP contribution in [0, 0.1) is 0 Å². The van der Waals surface area contributed by atoms with Crippen LogP contribution in [0.2, 0.25) is 0 Å². The van der Waals surface area contributed by atoms with Crippen molar-refractivity contribution in [2.75, 3.05) is 0 Å². The number of hydrogen-bond acceptors (Lipinski definition) is 0. The van der Waals surface area contributed by atoms with Crippen molar-refractivity contribution >= 4 is 10.8 Å². The van der Waals surface area contributed by atoms with Crippen molar-refractivity contribution < 1.29 is 9.13 Å². The first kappa shape index (κ1) is 15.5. The molecule has 0 N–H and O–H groups in total. The second-order valence-electron chi connectivity index (χ2n) is 6.36. The van der Waals surface area contributed by atoms with Gasteiger partial charge in [0.1, 0.15) is 6.54 Å². The van der Waals surface area contributed by atoms with E-state index < -0.39 is 0 Å². The normalized spacial score (nSPS) is 10.9. The molecule has 0 saturated carbocycles. The van der Waals surface area contributed by atoms with Gasteiger partial charge in [0, 0.05) is 29.1 Å². The number of fused-ring (bicyclic) bond motifs is 1. The van der Waals surface area contributed by atoms with Gasteiger partial charge in [-0.15, -0.1) is 0 Å². The van der Waals surface area contributed by atoms with Gasteiger partial charge in [-0.2, -0.15) is 0 Å². The van der Waals surface area contributed by atoms with Crippen LogP contribution in [0.15, 0.2) is 91.5 Å². The molecule has 4 rings (SSSR count). The topological polar surface area (TPSA) is 7.76 Å². The second-order valence-corrected chi connectivity index (χ2v) is 6.36. The van der Waals surface area contributed by atoms with Gasteiger partial charge < -0.3 is 0 Å². The van der Waals surface area contributed by atoms with E-state index >= 15 is 0 Å². The monoisotopic (exact) mass is 326 g/mol. The van der Waals surface area contributed by atoms with E-state index in [1.54, 1.807) is 0 Å². The van der Waals surface area contributed by atoms with Gasteiger partial charge in [0.25, 0.3) is 0 Å². The molecule has 2 heteroatoms. The molecule has 0 unspecified atom stereocenters. The zero-order valence-corrected chi connectivity index (χ0v) is 14.5. The van der Waals surface area contributed by atoms with E-state index in [2.05, 4.69) is 108 Å². The molecule has 2 aromatic carbocycles. The Morgan fingerprint density at radius 2 is 1.44 bits per heavy atom. The number of rotatable bonds is 4. The molecule has 0 spiro atoms. The molecule has 4 aromatic rings. The molecule has 0 atom stereocenters. The third kappa shape index (κ3) is 3.43. The molecule has 2 nitrogen and oxygen atoms in total. The average Bonchev–Trinajstić information content (AvgIpc) is 2.68. The molecule has 0 aliphatic rings. The molecule has 2 aromatic heterocycles. The Kier molecular flexibility index (Phi) is 4.26. The summed E-state index contributed by atoms with van der Waals surface area (Å²) in [6, 6.07) is 23.8. The van der Waals surface area contributed by atoms with Crippen LogP contribution in [0.5, 0.6) is 0 Å². The predicted molar refractivity (Wildman–Crippen MR) is 101 cm³/mol. The van der Waals surface area contributed by atoms with E-state index in [0.29, 0.717) is 0 Å². The molecule has 122 valence electrons. The molecular weight excluding hydrogens is 304 g/mol. The van der Waals surface area contributed by atoms with Crippen LogP contribution in [0.25, 0.3) is 21.9 Å². The van der Waals surface area contributed by atoms with Crippen molar-refractivity contribution in [2.45, 2.75) is 20.0 Å². The fourth-order valence-corrected chi connectivity index (χ4v) is 3.17. The van der Waals surface area contributed by atoms with Gasteiger partial charge in [-0.05, 0) is 35.6 Å². The Balaban J connectivity index is 1.64. The van der Waals surface area contributed by atoms with Crippen molar-refractivity contribution in [3.8, 4) is 11.1 Å². The van der Waals surface area contributed by atoms with E-state index in [4.69, 9.17) is 0 Å². The SMILES string of the molecule is CC[n+]1ccc(-c2ccc3c[n+](Cc4ccccc4)ccc3c2)cc1. The summed E-state index contributed by atoms with van der Waals surface area (Å²) in [5.41, 5.74) is 3.83. The molecule has 0 fully saturated rings. The molecular formula is C23H22N2+2. The summed E-state index contributed by atoms with van der Waals surface area (Å²) < 4.78 is 4.42. The first-order chi connectivity index (χ1) is 12.3. The molecule has 2 heterocycles. The maximum absolute atomic E-state index is 2.27. The predicted octanol–water partition coefficient (Wildman–Crippen LogP) is 4.15. The third-order valence-electron chi connectivity index (χ3n) is 4.63. The summed E-state index contributed by atoms with van der Waals surface area (Å²) in [6.07, 6.45) is 8.66. The van der Waals surface area contributed by atoms with Crippen LogP contribution in [-0.4, -0.2) is 0 Å². The molecule has 0 aliphatic heterocycles. The van der Waals surface area contributed by atoms with E-state index in [1.807, 2.05) is 0 Å². The summed E-state index contributed by atoms with van der Waals surface area (Å²) >= 11 is 0. The van der Waals surface area contributed by atoms with Crippen LogP contribution in [0.3, 0.4) is 0 Å². The van der Waals surface area contributed by atoms with E-state index in [-0.39, 0.29) is 0 Å². The minimum Gasteiger partial charge on any atom is -0.205 e. The molecule has 0 amide bonds. The lowest BCUT2D eigenvalue weighted by Crippen LogP contribution is -2.33. The lowest BCUT2D eigenvalue weighted by molar-refractivity contribution is -0.693. The molecule has 0 radical (unpaired) electrons. The van der Waals surface area contributed by atoms with Gasteiger partial charge in [-0.25, -0.2) is 9.13 Å². The minimum absolute atomic E-state index is 0.897. The zero-order chi connectivity index (χ0) is 17.1. The van der Waals surface area contributed by atoms with Crippen molar-refractivity contribution in [3.63, 3.8) is 0 Å². The van der Waals surface area contributed by atoms with E-state index in [9.17, 15) is 0 Å². The Morgan fingerprint density at radius 3 is 2.20 bits per heavy atom.